The predicted molar refractivity (Wildman–Crippen MR) is 69.4 cm³/mol. The van der Waals surface area contributed by atoms with Crippen LogP contribution in [0.2, 0.25) is 0 Å². The summed E-state index contributed by atoms with van der Waals surface area (Å²) in [6, 6.07) is 7.56. The molecular formula is C13H20N2O2. The molecule has 1 aromatic carbocycles. The summed E-state index contributed by atoms with van der Waals surface area (Å²) in [5, 5.41) is 6.05. The molecule has 1 amide bonds. The first-order valence-electron chi connectivity index (χ1n) is 5.83. The number of hydrogen-bond donors (Lipinski definition) is 2. The quantitative estimate of drug-likeness (QED) is 0.794. The van der Waals surface area contributed by atoms with Crippen LogP contribution < -0.4 is 15.4 Å². The second-order valence-corrected chi connectivity index (χ2v) is 3.91. The second kappa shape index (κ2) is 6.91. The minimum atomic E-state index is -0.0112. The van der Waals surface area contributed by atoms with Gasteiger partial charge >= 0.3 is 0 Å². The normalized spacial score (nSPS) is 11.9. The molecule has 0 aromatic heterocycles. The predicted octanol–water partition coefficient (Wildman–Crippen LogP) is 2.02. The van der Waals surface area contributed by atoms with E-state index in [1.165, 1.54) is 0 Å². The van der Waals surface area contributed by atoms with Gasteiger partial charge in [0.15, 0.2) is 0 Å². The first-order valence-corrected chi connectivity index (χ1v) is 5.83. The summed E-state index contributed by atoms with van der Waals surface area (Å²) in [5.41, 5.74) is 0.712. The van der Waals surface area contributed by atoms with Crippen LogP contribution in [-0.2, 0) is 4.79 Å². The Kier molecular flexibility index (Phi) is 5.49. The molecule has 17 heavy (non-hydrogen) atoms. The van der Waals surface area contributed by atoms with Crippen LogP contribution in [0.25, 0.3) is 0 Å². The Morgan fingerprint density at radius 3 is 2.76 bits per heavy atom. The van der Waals surface area contributed by atoms with E-state index in [2.05, 4.69) is 10.6 Å². The standard InChI is InChI=1S/C13H20N2O2/c1-4-14-10(2)9-13(16)15-11-7-5-6-8-12(11)17-3/h5-8,10,14H,4,9H2,1-3H3,(H,15,16). The van der Waals surface area contributed by atoms with Crippen molar-refractivity contribution >= 4 is 11.6 Å². The molecule has 0 saturated heterocycles. The molecule has 4 heteroatoms. The van der Waals surface area contributed by atoms with E-state index in [9.17, 15) is 4.79 Å². The van der Waals surface area contributed by atoms with Gasteiger partial charge in [0.1, 0.15) is 5.75 Å². The van der Waals surface area contributed by atoms with Crippen molar-refractivity contribution in [2.45, 2.75) is 26.3 Å². The minimum Gasteiger partial charge on any atom is -0.495 e. The van der Waals surface area contributed by atoms with Crippen LogP contribution in [0.4, 0.5) is 5.69 Å². The zero-order valence-corrected chi connectivity index (χ0v) is 10.6. The fraction of sp³-hybridized carbons (Fsp3) is 0.462. The van der Waals surface area contributed by atoms with E-state index in [0.717, 1.165) is 6.54 Å². The molecule has 2 N–H and O–H groups in total. The van der Waals surface area contributed by atoms with Crippen LogP contribution >= 0.6 is 0 Å². The maximum atomic E-state index is 11.8. The first-order chi connectivity index (χ1) is 8.17. The highest BCUT2D eigenvalue weighted by Gasteiger charge is 2.10. The summed E-state index contributed by atoms with van der Waals surface area (Å²) in [7, 11) is 1.59. The molecule has 94 valence electrons. The third-order valence-corrected chi connectivity index (χ3v) is 2.43. The summed E-state index contributed by atoms with van der Waals surface area (Å²) >= 11 is 0. The molecule has 0 aliphatic rings. The maximum Gasteiger partial charge on any atom is 0.226 e. The average Bonchev–Trinajstić information content (AvgIpc) is 2.29. The maximum absolute atomic E-state index is 11.8. The van der Waals surface area contributed by atoms with E-state index in [-0.39, 0.29) is 11.9 Å². The number of anilines is 1. The van der Waals surface area contributed by atoms with Crippen LogP contribution in [-0.4, -0.2) is 25.6 Å². The largest absolute Gasteiger partial charge is 0.495 e. The van der Waals surface area contributed by atoms with Gasteiger partial charge < -0.3 is 15.4 Å². The van der Waals surface area contributed by atoms with Crippen molar-refractivity contribution in [1.82, 2.24) is 5.32 Å². The number of carbonyl (C=O) groups excluding carboxylic acids is 1. The van der Waals surface area contributed by atoms with Crippen molar-refractivity contribution in [3.63, 3.8) is 0 Å². The van der Waals surface area contributed by atoms with E-state index >= 15 is 0 Å². The number of nitrogens with one attached hydrogen (secondary N) is 2. The molecule has 0 radical (unpaired) electrons. The van der Waals surface area contributed by atoms with Crippen LogP contribution in [0.5, 0.6) is 5.75 Å². The zero-order chi connectivity index (χ0) is 12.7. The smallest absolute Gasteiger partial charge is 0.226 e. The highest BCUT2D eigenvalue weighted by molar-refractivity contribution is 5.92. The van der Waals surface area contributed by atoms with Crippen molar-refractivity contribution in [2.75, 3.05) is 19.0 Å². The number of hydrogen-bond acceptors (Lipinski definition) is 3. The molecule has 0 saturated carbocycles. The first kappa shape index (κ1) is 13.5. The fourth-order valence-electron chi connectivity index (χ4n) is 1.65. The van der Waals surface area contributed by atoms with Gasteiger partial charge in [0.2, 0.25) is 5.91 Å². The Labute approximate surface area is 102 Å². The fourth-order valence-corrected chi connectivity index (χ4v) is 1.65. The number of carbonyl (C=O) groups is 1. The molecule has 1 unspecified atom stereocenters. The van der Waals surface area contributed by atoms with Gasteiger partial charge in [-0.1, -0.05) is 19.1 Å². The summed E-state index contributed by atoms with van der Waals surface area (Å²) in [6.07, 6.45) is 0.450. The summed E-state index contributed by atoms with van der Waals surface area (Å²) in [5.74, 6) is 0.667. The van der Waals surface area contributed by atoms with E-state index < -0.39 is 0 Å². The Hall–Kier alpha value is -1.55. The Morgan fingerprint density at radius 2 is 2.12 bits per heavy atom. The lowest BCUT2D eigenvalue weighted by atomic mass is 10.2. The van der Waals surface area contributed by atoms with Gasteiger partial charge in [-0.05, 0) is 25.6 Å². The van der Waals surface area contributed by atoms with Gasteiger partial charge in [-0.2, -0.15) is 0 Å². The Morgan fingerprint density at radius 1 is 1.41 bits per heavy atom. The van der Waals surface area contributed by atoms with Gasteiger partial charge in [0, 0.05) is 12.5 Å². The molecule has 1 aromatic rings. The molecule has 0 aliphatic heterocycles. The molecule has 1 atom stereocenters. The number of amides is 1. The molecule has 0 aliphatic carbocycles. The number of ether oxygens (including phenoxy) is 1. The summed E-state index contributed by atoms with van der Waals surface area (Å²) in [6.45, 7) is 4.88. The van der Waals surface area contributed by atoms with Crippen molar-refractivity contribution in [3.8, 4) is 5.75 Å². The molecule has 1 rings (SSSR count). The SMILES string of the molecule is CCNC(C)CC(=O)Nc1ccccc1OC. The molecule has 0 bridgehead atoms. The Balaban J connectivity index is 2.55. The number of para-hydroxylation sites is 2. The average molecular weight is 236 g/mol. The third kappa shape index (κ3) is 4.44. The van der Waals surface area contributed by atoms with Crippen molar-refractivity contribution in [2.24, 2.45) is 0 Å². The van der Waals surface area contributed by atoms with Gasteiger partial charge in [-0.3, -0.25) is 4.79 Å². The molecule has 0 fully saturated rings. The Bertz CT molecular complexity index is 366. The number of rotatable bonds is 6. The summed E-state index contributed by atoms with van der Waals surface area (Å²) < 4.78 is 5.17. The van der Waals surface area contributed by atoms with Crippen LogP contribution in [0.15, 0.2) is 24.3 Å². The monoisotopic (exact) mass is 236 g/mol. The molecule has 0 heterocycles. The minimum absolute atomic E-state index is 0.0112. The lowest BCUT2D eigenvalue weighted by Gasteiger charge is -2.13. The van der Waals surface area contributed by atoms with E-state index in [1.54, 1.807) is 7.11 Å². The number of methoxy groups -OCH3 is 1. The van der Waals surface area contributed by atoms with Crippen molar-refractivity contribution in [1.29, 1.82) is 0 Å². The van der Waals surface area contributed by atoms with Crippen molar-refractivity contribution < 1.29 is 9.53 Å². The van der Waals surface area contributed by atoms with E-state index in [4.69, 9.17) is 4.74 Å². The van der Waals surface area contributed by atoms with Gasteiger partial charge in [0.25, 0.3) is 0 Å². The van der Waals surface area contributed by atoms with Gasteiger partial charge in [-0.25, -0.2) is 0 Å². The zero-order valence-electron chi connectivity index (χ0n) is 10.6. The van der Waals surface area contributed by atoms with Crippen LogP contribution in [0.3, 0.4) is 0 Å². The lowest BCUT2D eigenvalue weighted by Crippen LogP contribution is -2.30. The van der Waals surface area contributed by atoms with Gasteiger partial charge in [-0.15, -0.1) is 0 Å². The highest BCUT2D eigenvalue weighted by atomic mass is 16.5. The highest BCUT2D eigenvalue weighted by Crippen LogP contribution is 2.23. The van der Waals surface area contributed by atoms with Crippen LogP contribution in [0.1, 0.15) is 20.3 Å². The topological polar surface area (TPSA) is 50.4 Å². The van der Waals surface area contributed by atoms with Crippen molar-refractivity contribution in [3.05, 3.63) is 24.3 Å². The molecule has 0 spiro atoms. The van der Waals surface area contributed by atoms with E-state index in [1.807, 2.05) is 38.1 Å². The molecule has 4 nitrogen and oxygen atoms in total. The summed E-state index contributed by atoms with van der Waals surface area (Å²) in [4.78, 5) is 11.8. The third-order valence-electron chi connectivity index (χ3n) is 2.43. The number of benzene rings is 1. The van der Waals surface area contributed by atoms with E-state index in [0.29, 0.717) is 17.9 Å². The second-order valence-electron chi connectivity index (χ2n) is 3.91. The molecular weight excluding hydrogens is 216 g/mol. The van der Waals surface area contributed by atoms with Crippen LogP contribution in [0, 0.1) is 0 Å². The van der Waals surface area contributed by atoms with Gasteiger partial charge in [0.05, 0.1) is 12.8 Å². The lowest BCUT2D eigenvalue weighted by molar-refractivity contribution is -0.116.